The fraction of sp³-hybridized carbons (Fsp3) is 0.312. The molecule has 3 aromatic carbocycles. The van der Waals surface area contributed by atoms with Crippen LogP contribution in [0, 0.1) is 5.82 Å². The second kappa shape index (κ2) is 12.8. The predicted octanol–water partition coefficient (Wildman–Crippen LogP) is 6.75. The largest absolute Gasteiger partial charge is 0.490 e. The number of carboxylic acids is 2. The summed E-state index contributed by atoms with van der Waals surface area (Å²) in [7, 11) is 0. The second-order valence-corrected chi connectivity index (χ2v) is 12.4. The molecule has 0 bridgehead atoms. The second-order valence-electron chi connectivity index (χ2n) is 11.5. The van der Waals surface area contributed by atoms with Crippen molar-refractivity contribution in [2.45, 2.75) is 61.2 Å². The van der Waals surface area contributed by atoms with E-state index in [9.17, 15) is 32.7 Å². The van der Waals surface area contributed by atoms with Gasteiger partial charge in [0, 0.05) is 27.9 Å². The minimum absolute atomic E-state index is 0.0777. The summed E-state index contributed by atoms with van der Waals surface area (Å²) in [4.78, 5) is 48.5. The Bertz CT molecular complexity index is 1750. The molecule has 2 spiro atoms. The molecule has 15 heteroatoms. The van der Waals surface area contributed by atoms with Gasteiger partial charge in [0.15, 0.2) is 0 Å². The molecule has 1 aliphatic carbocycles. The van der Waals surface area contributed by atoms with Crippen molar-refractivity contribution in [3.63, 3.8) is 0 Å². The molecule has 2 heterocycles. The van der Waals surface area contributed by atoms with E-state index in [2.05, 4.69) is 16.0 Å². The SMILES string of the molecule is O=C(O)C(F)(F)F.O=C(O)c1ccc(NC(=O)[C@@H]2NC3(CCCCC3)[C@@]3(C(=O)Nc4cc(Cl)ccc43)[C@H]2c2cccc(Cl)c2F)cc1. The van der Waals surface area contributed by atoms with Gasteiger partial charge in [0.05, 0.1) is 16.6 Å². The van der Waals surface area contributed by atoms with Crippen molar-refractivity contribution in [2.24, 2.45) is 0 Å². The summed E-state index contributed by atoms with van der Waals surface area (Å²) in [6, 6.07) is 14.6. The monoisotopic (exact) mass is 695 g/mol. The first-order valence-electron chi connectivity index (χ1n) is 14.4. The summed E-state index contributed by atoms with van der Waals surface area (Å²) in [6.45, 7) is 0. The van der Waals surface area contributed by atoms with Crippen LogP contribution in [0.4, 0.5) is 28.9 Å². The molecule has 3 aliphatic rings. The summed E-state index contributed by atoms with van der Waals surface area (Å²) >= 11 is 12.6. The maximum absolute atomic E-state index is 15.9. The van der Waals surface area contributed by atoms with Gasteiger partial charge >= 0.3 is 18.1 Å². The number of rotatable bonds is 4. The van der Waals surface area contributed by atoms with Crippen LogP contribution in [-0.4, -0.2) is 51.7 Å². The molecule has 3 aromatic rings. The first kappa shape index (κ1) is 34.1. The maximum atomic E-state index is 15.9. The Morgan fingerprint density at radius 1 is 0.936 bits per heavy atom. The highest BCUT2D eigenvalue weighted by atomic mass is 35.5. The number of carbonyl (C=O) groups excluding carboxylic acids is 2. The van der Waals surface area contributed by atoms with Gasteiger partial charge in [-0.3, -0.25) is 14.9 Å². The minimum Gasteiger partial charge on any atom is -0.478 e. The number of hydrogen-bond acceptors (Lipinski definition) is 5. The van der Waals surface area contributed by atoms with Gasteiger partial charge in [-0.05, 0) is 66.4 Å². The van der Waals surface area contributed by atoms with Crippen molar-refractivity contribution in [1.29, 1.82) is 0 Å². The molecular weight excluding hydrogens is 669 g/mol. The predicted molar refractivity (Wildman–Crippen MR) is 164 cm³/mol. The van der Waals surface area contributed by atoms with Gasteiger partial charge in [-0.1, -0.05) is 60.7 Å². The van der Waals surface area contributed by atoms with E-state index in [0.717, 1.165) is 19.3 Å². The Kier molecular flexibility index (Phi) is 9.28. The van der Waals surface area contributed by atoms with Crippen molar-refractivity contribution in [3.8, 4) is 0 Å². The van der Waals surface area contributed by atoms with Crippen LogP contribution in [0.25, 0.3) is 0 Å². The van der Waals surface area contributed by atoms with Crippen LogP contribution in [0.1, 0.15) is 59.5 Å². The number of fused-ring (bicyclic) bond motifs is 3. The van der Waals surface area contributed by atoms with Crippen LogP contribution in [0.15, 0.2) is 60.7 Å². The lowest BCUT2D eigenvalue weighted by Gasteiger charge is -2.47. The number of nitrogens with one attached hydrogen (secondary N) is 3. The molecule has 9 nitrogen and oxygen atoms in total. The number of carboxylic acid groups (broad SMARTS) is 2. The van der Waals surface area contributed by atoms with Crippen LogP contribution in [0.2, 0.25) is 10.0 Å². The normalized spacial score (nSPS) is 22.6. The molecule has 1 saturated carbocycles. The molecule has 0 aromatic heterocycles. The van der Waals surface area contributed by atoms with E-state index in [1.807, 2.05) is 0 Å². The van der Waals surface area contributed by atoms with Crippen LogP contribution in [0.5, 0.6) is 0 Å². The number of carbonyl (C=O) groups is 4. The number of aliphatic carboxylic acids is 1. The highest BCUT2D eigenvalue weighted by Gasteiger charge is 2.72. The minimum atomic E-state index is -5.08. The fourth-order valence-corrected chi connectivity index (χ4v) is 7.49. The third kappa shape index (κ3) is 6.03. The molecule has 3 atom stereocenters. The summed E-state index contributed by atoms with van der Waals surface area (Å²) < 4.78 is 47.6. The fourth-order valence-electron chi connectivity index (χ4n) is 7.13. The maximum Gasteiger partial charge on any atom is 0.490 e. The average molecular weight is 696 g/mol. The Morgan fingerprint density at radius 2 is 1.57 bits per heavy atom. The Morgan fingerprint density at radius 3 is 2.17 bits per heavy atom. The van der Waals surface area contributed by atoms with Gasteiger partial charge in [-0.2, -0.15) is 13.2 Å². The zero-order valence-corrected chi connectivity index (χ0v) is 25.8. The van der Waals surface area contributed by atoms with E-state index >= 15 is 4.39 Å². The van der Waals surface area contributed by atoms with Crippen molar-refractivity contribution < 1.29 is 47.0 Å². The molecular formula is C32H27Cl2F4N3O6. The lowest BCUT2D eigenvalue weighted by molar-refractivity contribution is -0.192. The molecule has 0 radical (unpaired) electrons. The van der Waals surface area contributed by atoms with Crippen LogP contribution >= 0.6 is 23.2 Å². The number of aromatic carboxylic acids is 1. The highest BCUT2D eigenvalue weighted by Crippen LogP contribution is 2.62. The number of alkyl halides is 3. The van der Waals surface area contributed by atoms with Crippen molar-refractivity contribution in [2.75, 3.05) is 10.6 Å². The van der Waals surface area contributed by atoms with E-state index in [1.54, 1.807) is 30.3 Å². The van der Waals surface area contributed by atoms with Crippen LogP contribution < -0.4 is 16.0 Å². The molecule has 1 saturated heterocycles. The highest BCUT2D eigenvalue weighted by molar-refractivity contribution is 6.31. The van der Waals surface area contributed by atoms with Gasteiger partial charge in [-0.25, -0.2) is 14.0 Å². The zero-order chi connectivity index (χ0) is 34.3. The summed E-state index contributed by atoms with van der Waals surface area (Å²) in [5, 5.41) is 26.1. The van der Waals surface area contributed by atoms with Crippen molar-refractivity contribution >= 4 is 58.3 Å². The summed E-state index contributed by atoms with van der Waals surface area (Å²) in [5.41, 5.74) is -0.333. The number of anilines is 2. The average Bonchev–Trinajstić information content (AvgIpc) is 3.46. The van der Waals surface area contributed by atoms with Crippen LogP contribution in [-0.2, 0) is 19.8 Å². The van der Waals surface area contributed by atoms with E-state index in [0.29, 0.717) is 34.8 Å². The smallest absolute Gasteiger partial charge is 0.478 e. The number of amides is 2. The van der Waals surface area contributed by atoms with Gasteiger partial charge in [0.2, 0.25) is 11.8 Å². The number of halogens is 6. The van der Waals surface area contributed by atoms with E-state index in [1.165, 1.54) is 30.3 Å². The molecule has 2 amide bonds. The van der Waals surface area contributed by atoms with Gasteiger partial charge < -0.3 is 20.8 Å². The molecule has 2 fully saturated rings. The Labute approximate surface area is 275 Å². The molecule has 2 aliphatic heterocycles. The van der Waals surface area contributed by atoms with Gasteiger partial charge in [0.1, 0.15) is 11.2 Å². The van der Waals surface area contributed by atoms with Crippen LogP contribution in [0.3, 0.4) is 0 Å². The first-order chi connectivity index (χ1) is 22.1. The lowest BCUT2D eigenvalue weighted by Crippen LogP contribution is -2.60. The van der Waals surface area contributed by atoms with E-state index in [-0.39, 0.29) is 22.1 Å². The third-order valence-corrected chi connectivity index (χ3v) is 9.47. The number of hydrogen-bond donors (Lipinski definition) is 5. The van der Waals surface area contributed by atoms with Gasteiger partial charge in [-0.15, -0.1) is 0 Å². The Hall–Kier alpha value is -4.20. The topological polar surface area (TPSA) is 145 Å². The van der Waals surface area contributed by atoms with Crippen molar-refractivity contribution in [1.82, 2.24) is 5.32 Å². The molecule has 6 rings (SSSR count). The van der Waals surface area contributed by atoms with E-state index < -0.39 is 52.8 Å². The van der Waals surface area contributed by atoms with Gasteiger partial charge in [0.25, 0.3) is 0 Å². The quantitative estimate of drug-likeness (QED) is 0.190. The third-order valence-electron chi connectivity index (χ3n) is 8.95. The zero-order valence-electron chi connectivity index (χ0n) is 24.3. The van der Waals surface area contributed by atoms with E-state index in [4.69, 9.17) is 33.1 Å². The molecule has 5 N–H and O–H groups in total. The standard InChI is InChI=1S/C30H26Cl2FN3O4.C2HF3O2/c31-17-9-12-20-22(15-17)35-28(40)30(20)23(19-5-4-6-21(32)24(19)33)25(36-29(30)13-2-1-3-14-29)26(37)34-18-10-7-16(8-11-18)27(38)39;3-2(4,5)1(6)7/h4-12,15,23,25,36H,1-3,13-14H2,(H,34,37)(H,35,40)(H,38,39);(H,6,7)/t23-,25+,30+;/m0./s1. The number of benzene rings is 3. The summed E-state index contributed by atoms with van der Waals surface area (Å²) in [6.07, 6.45) is -1.21. The summed E-state index contributed by atoms with van der Waals surface area (Å²) in [5.74, 6) is -6.26. The molecule has 248 valence electrons. The molecule has 0 unspecified atom stereocenters. The lowest BCUT2D eigenvalue weighted by atomic mass is 9.55. The molecule has 47 heavy (non-hydrogen) atoms. The Balaban J connectivity index is 0.000000559. The first-order valence-corrected chi connectivity index (χ1v) is 15.2. The van der Waals surface area contributed by atoms with Crippen molar-refractivity contribution in [3.05, 3.63) is 93.2 Å².